The highest BCUT2D eigenvalue weighted by Gasteiger charge is 2.41. The van der Waals surface area contributed by atoms with Crippen molar-refractivity contribution >= 4 is 11.5 Å². The van der Waals surface area contributed by atoms with E-state index in [9.17, 15) is 0 Å². The predicted octanol–water partition coefficient (Wildman–Crippen LogP) is 1.76. The maximum atomic E-state index is 4.38. The van der Waals surface area contributed by atoms with Crippen LogP contribution in [0.3, 0.4) is 0 Å². The van der Waals surface area contributed by atoms with Crippen molar-refractivity contribution in [2.75, 3.05) is 5.32 Å². The fraction of sp³-hybridized carbons (Fsp3) is 0.692. The second kappa shape index (κ2) is 4.15. The van der Waals surface area contributed by atoms with Gasteiger partial charge in [-0.3, -0.25) is 0 Å². The summed E-state index contributed by atoms with van der Waals surface area (Å²) >= 11 is 0. The molecule has 2 aliphatic rings. The summed E-state index contributed by atoms with van der Waals surface area (Å²) in [6.45, 7) is 2.27. The van der Waals surface area contributed by atoms with E-state index in [4.69, 9.17) is 0 Å². The van der Waals surface area contributed by atoms with Crippen molar-refractivity contribution in [2.45, 2.75) is 38.6 Å². The smallest absolute Gasteiger partial charge is 0.200 e. The average Bonchev–Trinajstić information content (AvgIpc) is 3.13. The van der Waals surface area contributed by atoms with Gasteiger partial charge in [0, 0.05) is 6.04 Å². The lowest BCUT2D eigenvalue weighted by Gasteiger charge is -2.28. The monoisotopic (exact) mass is 258 g/mol. The van der Waals surface area contributed by atoms with Gasteiger partial charge in [0.15, 0.2) is 5.65 Å². The van der Waals surface area contributed by atoms with E-state index in [1.807, 2.05) is 12.1 Å². The van der Waals surface area contributed by atoms with Crippen LogP contribution < -0.4 is 5.32 Å². The Morgan fingerprint density at radius 1 is 1.32 bits per heavy atom. The number of hydrogen-bond acceptors (Lipinski definition) is 5. The molecule has 6 heteroatoms. The van der Waals surface area contributed by atoms with Gasteiger partial charge in [0.2, 0.25) is 0 Å². The topological polar surface area (TPSA) is 68.0 Å². The third kappa shape index (κ3) is 1.86. The van der Waals surface area contributed by atoms with E-state index >= 15 is 0 Å². The molecule has 4 rings (SSSR count). The molecule has 2 aromatic heterocycles. The Hall–Kier alpha value is -1.72. The highest BCUT2D eigenvalue weighted by molar-refractivity contribution is 5.42. The number of rotatable bonds is 3. The molecule has 0 aliphatic heterocycles. The van der Waals surface area contributed by atoms with Gasteiger partial charge in [-0.05, 0) is 66.5 Å². The second-order valence-electron chi connectivity index (χ2n) is 6.02. The van der Waals surface area contributed by atoms with Crippen LogP contribution >= 0.6 is 0 Å². The van der Waals surface area contributed by atoms with Crippen LogP contribution in [-0.2, 0) is 0 Å². The molecule has 0 amide bonds. The SMILES string of the molecule is CC(Nc1ccc2nnnn2n1)C1CC2CCC1C2. The summed E-state index contributed by atoms with van der Waals surface area (Å²) in [5, 5.41) is 19.2. The third-order valence-electron chi connectivity index (χ3n) is 4.88. The van der Waals surface area contributed by atoms with Gasteiger partial charge in [-0.15, -0.1) is 14.8 Å². The fourth-order valence-corrected chi connectivity index (χ4v) is 3.97. The highest BCUT2D eigenvalue weighted by Crippen LogP contribution is 2.49. The molecule has 2 saturated carbocycles. The quantitative estimate of drug-likeness (QED) is 0.908. The van der Waals surface area contributed by atoms with Crippen LogP contribution in [0.2, 0.25) is 0 Å². The number of anilines is 1. The van der Waals surface area contributed by atoms with E-state index in [2.05, 4.69) is 32.9 Å². The van der Waals surface area contributed by atoms with Crippen molar-refractivity contribution in [3.05, 3.63) is 12.1 Å². The minimum absolute atomic E-state index is 0.469. The van der Waals surface area contributed by atoms with Crippen LogP contribution in [0.1, 0.15) is 32.6 Å². The van der Waals surface area contributed by atoms with Gasteiger partial charge < -0.3 is 5.32 Å². The maximum Gasteiger partial charge on any atom is 0.200 e. The van der Waals surface area contributed by atoms with Crippen molar-refractivity contribution in [3.8, 4) is 0 Å². The summed E-state index contributed by atoms with van der Waals surface area (Å²) < 4.78 is 1.47. The van der Waals surface area contributed by atoms with Gasteiger partial charge in [-0.1, -0.05) is 6.42 Å². The Morgan fingerprint density at radius 2 is 2.26 bits per heavy atom. The lowest BCUT2D eigenvalue weighted by molar-refractivity contribution is 0.303. The largest absolute Gasteiger partial charge is 0.366 e. The van der Waals surface area contributed by atoms with Crippen molar-refractivity contribution in [1.82, 2.24) is 25.3 Å². The molecule has 2 aliphatic carbocycles. The van der Waals surface area contributed by atoms with E-state index in [1.54, 1.807) is 0 Å². The van der Waals surface area contributed by atoms with E-state index in [-0.39, 0.29) is 0 Å². The Bertz CT molecular complexity index is 594. The van der Waals surface area contributed by atoms with Crippen molar-refractivity contribution in [2.24, 2.45) is 17.8 Å². The molecule has 0 aromatic carbocycles. The summed E-state index contributed by atoms with van der Waals surface area (Å²) in [6.07, 6.45) is 5.69. The molecule has 2 bridgehead atoms. The van der Waals surface area contributed by atoms with E-state index < -0.39 is 0 Å². The normalized spacial score (nSPS) is 30.9. The Kier molecular flexibility index (Phi) is 2.43. The summed E-state index contributed by atoms with van der Waals surface area (Å²) in [6, 6.07) is 4.31. The van der Waals surface area contributed by atoms with Gasteiger partial charge in [-0.25, -0.2) is 0 Å². The molecule has 19 heavy (non-hydrogen) atoms. The second-order valence-corrected chi connectivity index (χ2v) is 6.02. The molecule has 0 saturated heterocycles. The van der Waals surface area contributed by atoms with Crippen molar-refractivity contribution in [1.29, 1.82) is 0 Å². The van der Waals surface area contributed by atoms with Crippen molar-refractivity contribution < 1.29 is 0 Å². The summed E-state index contributed by atoms with van der Waals surface area (Å²) in [7, 11) is 0. The van der Waals surface area contributed by atoms with Crippen LogP contribution in [0, 0.1) is 17.8 Å². The minimum Gasteiger partial charge on any atom is -0.366 e. The zero-order chi connectivity index (χ0) is 12.8. The van der Waals surface area contributed by atoms with Gasteiger partial charge in [0.1, 0.15) is 5.82 Å². The fourth-order valence-electron chi connectivity index (χ4n) is 3.97. The minimum atomic E-state index is 0.469. The molecule has 100 valence electrons. The van der Waals surface area contributed by atoms with Gasteiger partial charge in [-0.2, -0.15) is 0 Å². The first-order valence-corrected chi connectivity index (χ1v) is 7.11. The highest BCUT2D eigenvalue weighted by atomic mass is 15.6. The Morgan fingerprint density at radius 3 is 3.05 bits per heavy atom. The lowest BCUT2D eigenvalue weighted by Crippen LogP contribution is -2.30. The lowest BCUT2D eigenvalue weighted by atomic mass is 9.84. The molecule has 2 heterocycles. The molecule has 4 atom stereocenters. The first kappa shape index (κ1) is 11.1. The zero-order valence-electron chi connectivity index (χ0n) is 11.0. The summed E-state index contributed by atoms with van der Waals surface area (Å²) in [5.74, 6) is 3.55. The van der Waals surface area contributed by atoms with Crippen LogP contribution in [0.4, 0.5) is 5.82 Å². The number of nitrogens with zero attached hydrogens (tertiary/aromatic N) is 5. The molecule has 0 spiro atoms. The van der Waals surface area contributed by atoms with Crippen molar-refractivity contribution in [3.63, 3.8) is 0 Å². The first-order valence-electron chi connectivity index (χ1n) is 7.11. The maximum absolute atomic E-state index is 4.38. The molecule has 6 nitrogen and oxygen atoms in total. The van der Waals surface area contributed by atoms with Gasteiger partial charge >= 0.3 is 0 Å². The standard InChI is InChI=1S/C13H18N6/c1-8(11-7-9-2-3-10(11)6-9)14-12-4-5-13-15-17-18-19(13)16-12/h4-5,8-11H,2-3,6-7H2,1H3,(H,14,16). The van der Waals surface area contributed by atoms with Crippen LogP contribution in [0.15, 0.2) is 12.1 Å². The van der Waals surface area contributed by atoms with Crippen LogP contribution in [-0.4, -0.2) is 31.3 Å². The van der Waals surface area contributed by atoms with E-state index in [0.29, 0.717) is 11.7 Å². The summed E-state index contributed by atoms with van der Waals surface area (Å²) in [5.41, 5.74) is 0.679. The average molecular weight is 258 g/mol. The van der Waals surface area contributed by atoms with Crippen LogP contribution in [0.5, 0.6) is 0 Å². The molecule has 4 unspecified atom stereocenters. The van der Waals surface area contributed by atoms with Gasteiger partial charge in [0.25, 0.3) is 0 Å². The molecular formula is C13H18N6. The molecule has 1 N–H and O–H groups in total. The number of nitrogens with one attached hydrogen (secondary N) is 1. The van der Waals surface area contributed by atoms with Gasteiger partial charge in [0.05, 0.1) is 0 Å². The van der Waals surface area contributed by atoms with Crippen LogP contribution in [0.25, 0.3) is 5.65 Å². The summed E-state index contributed by atoms with van der Waals surface area (Å²) in [4.78, 5) is 0. The number of fused-ring (bicyclic) bond motifs is 3. The number of tetrazole rings is 1. The zero-order valence-corrected chi connectivity index (χ0v) is 11.0. The Balaban J connectivity index is 1.50. The molecular weight excluding hydrogens is 240 g/mol. The third-order valence-corrected chi connectivity index (χ3v) is 4.88. The number of aromatic nitrogens is 5. The first-order chi connectivity index (χ1) is 9.29. The van der Waals surface area contributed by atoms with E-state index in [0.717, 1.165) is 23.6 Å². The molecule has 2 aromatic rings. The number of hydrogen-bond donors (Lipinski definition) is 1. The van der Waals surface area contributed by atoms with E-state index in [1.165, 1.54) is 30.3 Å². The molecule has 0 radical (unpaired) electrons. The molecule has 2 fully saturated rings. The Labute approximate surface area is 111 Å². The predicted molar refractivity (Wildman–Crippen MR) is 70.6 cm³/mol.